The second kappa shape index (κ2) is 15.2. The molecule has 3 N–H and O–H groups in total. The van der Waals surface area contributed by atoms with Gasteiger partial charge in [-0.1, -0.05) is 81.4 Å². The zero-order chi connectivity index (χ0) is 18.9. The molecule has 2 rings (SSSR count). The summed E-state index contributed by atoms with van der Waals surface area (Å²) in [5, 5.41) is 8.53. The van der Waals surface area contributed by atoms with Crippen LogP contribution < -0.4 is 5.73 Å². The lowest BCUT2D eigenvalue weighted by molar-refractivity contribution is 0.150. The highest BCUT2D eigenvalue weighted by Gasteiger charge is 1.93. The number of hydrogen-bond donors (Lipinski definition) is 2. The van der Waals surface area contributed by atoms with E-state index in [2.05, 4.69) is 37.6 Å². The zero-order valence-electron chi connectivity index (χ0n) is 15.5. The molecule has 0 fully saturated rings. The van der Waals surface area contributed by atoms with Crippen molar-refractivity contribution < 1.29 is 14.6 Å². The number of hydrogen-bond acceptors (Lipinski definition) is 3. The predicted molar refractivity (Wildman–Crippen MR) is 103 cm³/mol. The molecule has 0 aliphatic rings. The molecule has 0 unspecified atom stereocenters. The molecule has 4 heteroatoms. The molecule has 2 aromatic carbocycles. The number of aliphatic hydroxyl groups excluding tert-OH is 1. The van der Waals surface area contributed by atoms with Gasteiger partial charge in [-0.2, -0.15) is 0 Å². The number of ether oxygens (including phenoxy) is 1. The minimum Gasteiger partial charge on any atom is -0.445 e. The van der Waals surface area contributed by atoms with Gasteiger partial charge in [-0.15, -0.1) is 0 Å². The standard InChI is InChI=1S/C9H12O.C8H9NO2.C4H10/c10-8-4-7-9-5-2-1-3-6-9;9-8(10)11-6-7-4-2-1-3-5-7;1-4(2)3/h1-3,5-6,10H,4,7-8H2;1-5H,6H2,(H2,9,10);4H,1-3H3. The molecule has 0 atom stereocenters. The highest BCUT2D eigenvalue weighted by Crippen LogP contribution is 2.01. The highest BCUT2D eigenvalue weighted by atomic mass is 16.5. The minimum absolute atomic E-state index is 0.246. The monoisotopic (exact) mass is 345 g/mol. The Balaban J connectivity index is 0.000000383. The number of amides is 1. The van der Waals surface area contributed by atoms with E-state index >= 15 is 0 Å². The SMILES string of the molecule is CC(C)C.NC(=O)OCc1ccccc1.OCCCc1ccccc1. The molecule has 1 amide bonds. The third-order valence-corrected chi connectivity index (χ3v) is 2.69. The van der Waals surface area contributed by atoms with Crippen LogP contribution in [0.15, 0.2) is 60.7 Å². The first-order chi connectivity index (χ1) is 12.0. The molecule has 0 aliphatic carbocycles. The van der Waals surface area contributed by atoms with Crippen molar-refractivity contribution in [3.63, 3.8) is 0 Å². The van der Waals surface area contributed by atoms with E-state index in [0.717, 1.165) is 24.3 Å². The molecule has 138 valence electrons. The van der Waals surface area contributed by atoms with Crippen LogP contribution in [0.4, 0.5) is 4.79 Å². The van der Waals surface area contributed by atoms with E-state index in [1.54, 1.807) is 0 Å². The normalized spacial score (nSPS) is 9.32. The van der Waals surface area contributed by atoms with Gasteiger partial charge < -0.3 is 15.6 Å². The van der Waals surface area contributed by atoms with E-state index in [0.29, 0.717) is 0 Å². The topological polar surface area (TPSA) is 72.6 Å². The Morgan fingerprint density at radius 1 is 0.960 bits per heavy atom. The summed E-state index contributed by atoms with van der Waals surface area (Å²) in [5.74, 6) is 0.833. The van der Waals surface area contributed by atoms with E-state index in [1.807, 2.05) is 48.5 Å². The molecule has 0 spiro atoms. The van der Waals surface area contributed by atoms with Crippen molar-refractivity contribution in [1.29, 1.82) is 0 Å². The zero-order valence-corrected chi connectivity index (χ0v) is 15.5. The lowest BCUT2D eigenvalue weighted by Crippen LogP contribution is -2.12. The summed E-state index contributed by atoms with van der Waals surface area (Å²) >= 11 is 0. The van der Waals surface area contributed by atoms with Crippen molar-refractivity contribution in [3.05, 3.63) is 71.8 Å². The molecule has 0 radical (unpaired) electrons. The Morgan fingerprint density at radius 3 is 1.80 bits per heavy atom. The maximum Gasteiger partial charge on any atom is 0.404 e. The van der Waals surface area contributed by atoms with Crippen molar-refractivity contribution in [2.75, 3.05) is 6.61 Å². The Morgan fingerprint density at radius 2 is 1.40 bits per heavy atom. The maximum absolute atomic E-state index is 10.2. The Labute approximate surface area is 151 Å². The van der Waals surface area contributed by atoms with Crippen molar-refractivity contribution in [2.24, 2.45) is 11.7 Å². The lowest BCUT2D eigenvalue weighted by Gasteiger charge is -1.99. The van der Waals surface area contributed by atoms with E-state index in [4.69, 9.17) is 10.8 Å². The summed E-state index contributed by atoms with van der Waals surface area (Å²) in [7, 11) is 0. The quantitative estimate of drug-likeness (QED) is 0.834. The van der Waals surface area contributed by atoms with Gasteiger partial charge in [0.25, 0.3) is 0 Å². The lowest BCUT2D eigenvalue weighted by atomic mass is 10.1. The molecule has 0 saturated heterocycles. The third-order valence-electron chi connectivity index (χ3n) is 2.69. The van der Waals surface area contributed by atoms with Gasteiger partial charge in [-0.25, -0.2) is 4.79 Å². The molecule has 2 aromatic rings. The van der Waals surface area contributed by atoms with Crippen LogP contribution in [0.2, 0.25) is 0 Å². The number of carbonyl (C=O) groups excluding carboxylic acids is 1. The van der Waals surface area contributed by atoms with Gasteiger partial charge in [0.1, 0.15) is 6.61 Å². The van der Waals surface area contributed by atoms with E-state index < -0.39 is 6.09 Å². The molecule has 0 bridgehead atoms. The average Bonchev–Trinajstić information content (AvgIpc) is 2.60. The van der Waals surface area contributed by atoms with Crippen molar-refractivity contribution in [1.82, 2.24) is 0 Å². The minimum atomic E-state index is -0.742. The van der Waals surface area contributed by atoms with Crippen LogP contribution in [0.25, 0.3) is 0 Å². The summed E-state index contributed by atoms with van der Waals surface area (Å²) in [6.45, 7) is 7.03. The highest BCUT2D eigenvalue weighted by molar-refractivity contribution is 5.64. The summed E-state index contributed by atoms with van der Waals surface area (Å²) < 4.78 is 4.57. The fraction of sp³-hybridized carbons (Fsp3) is 0.381. The number of aryl methyl sites for hydroxylation is 1. The molecule has 0 heterocycles. The number of primary amides is 1. The summed E-state index contributed by atoms with van der Waals surface area (Å²) in [4.78, 5) is 10.2. The van der Waals surface area contributed by atoms with Crippen molar-refractivity contribution in [2.45, 2.75) is 40.2 Å². The van der Waals surface area contributed by atoms with Crippen LogP contribution in [0.1, 0.15) is 38.3 Å². The fourth-order valence-electron chi connectivity index (χ4n) is 1.66. The largest absolute Gasteiger partial charge is 0.445 e. The molecule has 0 aromatic heterocycles. The second-order valence-electron chi connectivity index (χ2n) is 6.14. The van der Waals surface area contributed by atoms with Gasteiger partial charge >= 0.3 is 6.09 Å². The van der Waals surface area contributed by atoms with Gasteiger partial charge in [-0.3, -0.25) is 0 Å². The first-order valence-corrected chi connectivity index (χ1v) is 8.56. The molecular formula is C21H31NO3. The van der Waals surface area contributed by atoms with Crippen LogP contribution in [-0.4, -0.2) is 17.8 Å². The van der Waals surface area contributed by atoms with Gasteiger partial charge in [-0.05, 0) is 29.9 Å². The molecule has 4 nitrogen and oxygen atoms in total. The predicted octanol–water partition coefficient (Wildman–Crippen LogP) is 4.56. The number of benzene rings is 2. The van der Waals surface area contributed by atoms with Gasteiger partial charge in [0, 0.05) is 6.61 Å². The van der Waals surface area contributed by atoms with Crippen LogP contribution in [0, 0.1) is 5.92 Å². The summed E-state index contributed by atoms with van der Waals surface area (Å²) in [5.41, 5.74) is 7.02. The summed E-state index contributed by atoms with van der Waals surface area (Å²) in [6.07, 6.45) is 1.11. The number of nitrogens with two attached hydrogens (primary N) is 1. The fourth-order valence-corrected chi connectivity index (χ4v) is 1.66. The smallest absolute Gasteiger partial charge is 0.404 e. The molecule has 0 saturated carbocycles. The molecule has 0 aliphatic heterocycles. The van der Waals surface area contributed by atoms with Gasteiger partial charge in [0.2, 0.25) is 0 Å². The van der Waals surface area contributed by atoms with E-state index in [-0.39, 0.29) is 13.2 Å². The maximum atomic E-state index is 10.2. The van der Waals surface area contributed by atoms with Crippen molar-refractivity contribution in [3.8, 4) is 0 Å². The first kappa shape index (κ1) is 22.7. The van der Waals surface area contributed by atoms with E-state index in [1.165, 1.54) is 5.56 Å². The summed E-state index contributed by atoms with van der Waals surface area (Å²) in [6, 6.07) is 19.6. The van der Waals surface area contributed by atoms with Crippen LogP contribution in [0.3, 0.4) is 0 Å². The number of rotatable bonds is 5. The van der Waals surface area contributed by atoms with Crippen LogP contribution in [-0.2, 0) is 17.8 Å². The van der Waals surface area contributed by atoms with Crippen LogP contribution >= 0.6 is 0 Å². The first-order valence-electron chi connectivity index (χ1n) is 8.56. The van der Waals surface area contributed by atoms with Crippen molar-refractivity contribution >= 4 is 6.09 Å². The average molecular weight is 345 g/mol. The molecular weight excluding hydrogens is 314 g/mol. The Kier molecular flexibility index (Phi) is 13.8. The Bertz CT molecular complexity index is 539. The second-order valence-corrected chi connectivity index (χ2v) is 6.14. The van der Waals surface area contributed by atoms with Gasteiger partial charge in [0.05, 0.1) is 0 Å². The van der Waals surface area contributed by atoms with E-state index in [9.17, 15) is 4.79 Å². The molecule has 25 heavy (non-hydrogen) atoms. The van der Waals surface area contributed by atoms with Crippen LogP contribution in [0.5, 0.6) is 0 Å². The number of carbonyl (C=O) groups is 1. The van der Waals surface area contributed by atoms with Gasteiger partial charge in [0.15, 0.2) is 0 Å². The third kappa shape index (κ3) is 16.3. The Hall–Kier alpha value is -2.33. The number of aliphatic hydroxyl groups is 1.